The van der Waals surface area contributed by atoms with Gasteiger partial charge in [0.25, 0.3) is 0 Å². The van der Waals surface area contributed by atoms with Crippen LogP contribution in [0.3, 0.4) is 0 Å². The lowest BCUT2D eigenvalue weighted by molar-refractivity contribution is -0.158. The highest BCUT2D eigenvalue weighted by Crippen LogP contribution is 2.38. The van der Waals surface area contributed by atoms with Gasteiger partial charge >= 0.3 is 5.97 Å². The molecule has 0 unspecified atom stereocenters. The smallest absolute Gasteiger partial charge is 0.326 e. The van der Waals surface area contributed by atoms with Crippen LogP contribution in [0.25, 0.3) is 6.08 Å². The van der Waals surface area contributed by atoms with E-state index in [1.54, 1.807) is 39.0 Å². The number of esters is 1. The van der Waals surface area contributed by atoms with Crippen LogP contribution in [0.2, 0.25) is 0 Å². The lowest BCUT2D eigenvalue weighted by Gasteiger charge is -2.25. The van der Waals surface area contributed by atoms with Crippen LogP contribution in [0.4, 0.5) is 0 Å². The lowest BCUT2D eigenvalue weighted by atomic mass is 10.1. The fourth-order valence-corrected chi connectivity index (χ4v) is 2.59. The number of nitrogens with zero attached hydrogens (tertiary/aromatic N) is 2. The molecule has 0 spiro atoms. The Hall–Kier alpha value is -2.74. The number of carbonyl (C=O) groups excluding carboxylic acids is 2. The topological polar surface area (TPSA) is 77.5 Å². The van der Waals surface area contributed by atoms with Crippen molar-refractivity contribution >= 4 is 18.0 Å². The Kier molecular flexibility index (Phi) is 9.65. The minimum absolute atomic E-state index is 0.121. The number of hydrogen-bond acceptors (Lipinski definition) is 7. The molecule has 1 aromatic rings. The van der Waals surface area contributed by atoms with Crippen LogP contribution in [0.1, 0.15) is 26.3 Å². The van der Waals surface area contributed by atoms with Gasteiger partial charge in [-0.2, -0.15) is 0 Å². The first-order valence-electron chi connectivity index (χ1n) is 9.64. The Labute approximate surface area is 179 Å². The van der Waals surface area contributed by atoms with Crippen LogP contribution in [-0.2, 0) is 14.3 Å². The first-order chi connectivity index (χ1) is 14.0. The number of hydrogen-bond donors (Lipinski definition) is 0. The molecule has 8 nitrogen and oxygen atoms in total. The summed E-state index contributed by atoms with van der Waals surface area (Å²) in [7, 11) is 8.39. The van der Waals surface area contributed by atoms with E-state index < -0.39 is 11.6 Å². The van der Waals surface area contributed by atoms with E-state index in [-0.39, 0.29) is 12.5 Å². The fraction of sp³-hybridized carbons (Fsp3) is 0.545. The van der Waals surface area contributed by atoms with Crippen molar-refractivity contribution in [2.24, 2.45) is 0 Å². The molecule has 0 saturated carbocycles. The third-order valence-corrected chi connectivity index (χ3v) is 3.97. The van der Waals surface area contributed by atoms with Gasteiger partial charge in [-0.3, -0.25) is 9.59 Å². The maximum absolute atomic E-state index is 12.8. The van der Waals surface area contributed by atoms with Gasteiger partial charge in [-0.05, 0) is 58.6 Å². The van der Waals surface area contributed by atoms with Gasteiger partial charge in [0.1, 0.15) is 12.1 Å². The molecule has 1 aromatic carbocycles. The predicted molar refractivity (Wildman–Crippen MR) is 116 cm³/mol. The molecular formula is C22H34N2O6. The first kappa shape index (κ1) is 25.3. The summed E-state index contributed by atoms with van der Waals surface area (Å²) in [5.41, 5.74) is 0.0852. The third kappa shape index (κ3) is 8.32. The van der Waals surface area contributed by atoms with Crippen LogP contribution in [0.5, 0.6) is 17.2 Å². The van der Waals surface area contributed by atoms with E-state index in [9.17, 15) is 9.59 Å². The zero-order chi connectivity index (χ0) is 22.9. The quantitative estimate of drug-likeness (QED) is 0.423. The van der Waals surface area contributed by atoms with Crippen LogP contribution in [0.15, 0.2) is 18.2 Å². The molecule has 0 aliphatic heterocycles. The summed E-state index contributed by atoms with van der Waals surface area (Å²) in [6.07, 6.45) is 3.06. The Balaban J connectivity index is 3.04. The Bertz CT molecular complexity index is 727. The van der Waals surface area contributed by atoms with Gasteiger partial charge in [-0.25, -0.2) is 0 Å². The minimum atomic E-state index is -0.612. The maximum atomic E-state index is 12.8. The largest absolute Gasteiger partial charge is 0.493 e. The van der Waals surface area contributed by atoms with E-state index in [1.807, 2.05) is 19.0 Å². The molecule has 30 heavy (non-hydrogen) atoms. The summed E-state index contributed by atoms with van der Waals surface area (Å²) < 4.78 is 21.3. The Morgan fingerprint density at radius 1 is 0.967 bits per heavy atom. The summed E-state index contributed by atoms with van der Waals surface area (Å²) in [4.78, 5) is 28.4. The van der Waals surface area contributed by atoms with Crippen LogP contribution in [-0.4, -0.2) is 82.3 Å². The van der Waals surface area contributed by atoms with Crippen molar-refractivity contribution in [3.05, 3.63) is 23.8 Å². The highest BCUT2D eigenvalue weighted by Gasteiger charge is 2.21. The number of ether oxygens (including phenoxy) is 4. The van der Waals surface area contributed by atoms with Crippen molar-refractivity contribution in [1.82, 2.24) is 9.80 Å². The summed E-state index contributed by atoms with van der Waals surface area (Å²) in [6.45, 7) is 6.27. The van der Waals surface area contributed by atoms with Crippen molar-refractivity contribution in [2.75, 3.05) is 55.1 Å². The van der Waals surface area contributed by atoms with Gasteiger partial charge in [0, 0.05) is 19.2 Å². The number of benzene rings is 1. The number of likely N-dealkylation sites (N-methyl/N-ethyl adjacent to an activating group) is 1. The average Bonchev–Trinajstić information content (AvgIpc) is 2.66. The molecule has 1 rings (SSSR count). The van der Waals surface area contributed by atoms with Crippen LogP contribution in [0, 0.1) is 0 Å². The van der Waals surface area contributed by atoms with E-state index in [0.717, 1.165) is 0 Å². The standard InChI is InChI=1S/C22H34N2O6/c1-22(2,3)30-20(26)15-24(12-11-23(4)5)19(25)10-9-16-13-17(27-6)21(29-8)18(14-16)28-7/h9-10,13-14H,11-12,15H2,1-8H3/b10-9+. The number of carbonyl (C=O) groups is 2. The van der Waals surface area contributed by atoms with Crippen molar-refractivity contribution < 1.29 is 28.5 Å². The maximum Gasteiger partial charge on any atom is 0.326 e. The molecule has 0 radical (unpaired) electrons. The molecule has 8 heteroatoms. The molecule has 0 fully saturated rings. The normalized spacial score (nSPS) is 11.5. The minimum Gasteiger partial charge on any atom is -0.493 e. The van der Waals surface area contributed by atoms with Crippen molar-refractivity contribution in [3.8, 4) is 17.2 Å². The Morgan fingerprint density at radius 3 is 1.97 bits per heavy atom. The summed E-state index contributed by atoms with van der Waals surface area (Å²) in [6, 6.07) is 3.48. The lowest BCUT2D eigenvalue weighted by Crippen LogP contribution is -2.41. The van der Waals surface area contributed by atoms with Crippen LogP contribution >= 0.6 is 0 Å². The summed E-state index contributed by atoms with van der Waals surface area (Å²) in [5, 5.41) is 0. The monoisotopic (exact) mass is 422 g/mol. The number of rotatable bonds is 10. The van der Waals surface area contributed by atoms with Crippen LogP contribution < -0.4 is 14.2 Å². The van der Waals surface area contributed by atoms with E-state index in [2.05, 4.69) is 0 Å². The van der Waals surface area contributed by atoms with Crippen molar-refractivity contribution in [3.63, 3.8) is 0 Å². The van der Waals surface area contributed by atoms with Gasteiger partial charge in [0.05, 0.1) is 21.3 Å². The molecule has 0 N–H and O–H groups in total. The third-order valence-electron chi connectivity index (χ3n) is 3.97. The molecule has 0 atom stereocenters. The number of amides is 1. The second-order valence-electron chi connectivity index (χ2n) is 7.94. The van der Waals surface area contributed by atoms with Gasteiger partial charge in [-0.15, -0.1) is 0 Å². The Morgan fingerprint density at radius 2 is 1.53 bits per heavy atom. The molecule has 0 heterocycles. The second kappa shape index (κ2) is 11.4. The van der Waals surface area contributed by atoms with Crippen molar-refractivity contribution in [1.29, 1.82) is 0 Å². The summed E-state index contributed by atoms with van der Waals surface area (Å²) in [5.74, 6) is 0.706. The van der Waals surface area contributed by atoms with Gasteiger partial charge in [-0.1, -0.05) is 0 Å². The SMILES string of the molecule is COc1cc(/C=C/C(=O)N(CCN(C)C)CC(=O)OC(C)(C)C)cc(OC)c1OC. The van der Waals surface area contributed by atoms with E-state index in [4.69, 9.17) is 18.9 Å². The van der Waals surface area contributed by atoms with E-state index in [0.29, 0.717) is 35.9 Å². The zero-order valence-electron chi connectivity index (χ0n) is 19.3. The van der Waals surface area contributed by atoms with Gasteiger partial charge in [0.15, 0.2) is 11.5 Å². The number of methoxy groups -OCH3 is 3. The molecule has 0 aromatic heterocycles. The van der Waals surface area contributed by atoms with Gasteiger partial charge in [0.2, 0.25) is 11.7 Å². The second-order valence-corrected chi connectivity index (χ2v) is 7.94. The fourth-order valence-electron chi connectivity index (χ4n) is 2.59. The molecule has 1 amide bonds. The van der Waals surface area contributed by atoms with Gasteiger partial charge < -0.3 is 28.7 Å². The molecule has 0 saturated heterocycles. The molecular weight excluding hydrogens is 388 g/mol. The molecule has 0 aliphatic rings. The van der Waals surface area contributed by atoms with E-state index in [1.165, 1.54) is 32.3 Å². The average molecular weight is 423 g/mol. The highest BCUT2D eigenvalue weighted by atomic mass is 16.6. The first-order valence-corrected chi connectivity index (χ1v) is 9.64. The summed E-state index contributed by atoms with van der Waals surface area (Å²) >= 11 is 0. The molecule has 0 bridgehead atoms. The zero-order valence-corrected chi connectivity index (χ0v) is 19.3. The highest BCUT2D eigenvalue weighted by molar-refractivity contribution is 5.94. The molecule has 168 valence electrons. The van der Waals surface area contributed by atoms with Crippen molar-refractivity contribution in [2.45, 2.75) is 26.4 Å². The van der Waals surface area contributed by atoms with E-state index >= 15 is 0 Å². The molecule has 0 aliphatic carbocycles. The predicted octanol–water partition coefficient (Wildman–Crippen LogP) is 2.46.